The van der Waals surface area contributed by atoms with Crippen molar-refractivity contribution in [3.05, 3.63) is 45.1 Å². The number of H-pyrrole nitrogens is 1. The molecule has 2 heterocycles. The Morgan fingerprint density at radius 3 is 2.23 bits per heavy atom. The molecule has 1 saturated heterocycles. The Kier molecular flexibility index (Phi) is 5.69. The van der Waals surface area contributed by atoms with Gasteiger partial charge in [0.05, 0.1) is 10.9 Å². The van der Waals surface area contributed by atoms with Crippen LogP contribution in [0.2, 0.25) is 0 Å². The van der Waals surface area contributed by atoms with Gasteiger partial charge >= 0.3 is 5.69 Å². The van der Waals surface area contributed by atoms with E-state index in [1.54, 1.807) is 12.1 Å². The molecule has 1 aromatic heterocycles. The molecular formula is C24H32N4O3. The highest BCUT2D eigenvalue weighted by molar-refractivity contribution is 5.79. The number of rotatable bonds is 5. The van der Waals surface area contributed by atoms with E-state index >= 15 is 0 Å². The number of hydrogen-bond donors (Lipinski definition) is 1. The zero-order valence-electron chi connectivity index (χ0n) is 18.1. The van der Waals surface area contributed by atoms with Crippen LogP contribution in [0.3, 0.4) is 0 Å². The van der Waals surface area contributed by atoms with Crippen LogP contribution in [0.5, 0.6) is 0 Å². The van der Waals surface area contributed by atoms with Gasteiger partial charge in [-0.2, -0.15) is 0 Å². The molecule has 1 aromatic carbocycles. The number of fused-ring (bicyclic) bond motifs is 1. The number of aromatic amines is 1. The first-order valence-electron chi connectivity index (χ1n) is 11.8. The summed E-state index contributed by atoms with van der Waals surface area (Å²) in [6, 6.07) is 7.14. The molecule has 3 fully saturated rings. The molecule has 0 unspecified atom stereocenters. The molecule has 0 radical (unpaired) electrons. The summed E-state index contributed by atoms with van der Waals surface area (Å²) in [6.07, 6.45) is 6.23. The average molecular weight is 425 g/mol. The van der Waals surface area contributed by atoms with Crippen molar-refractivity contribution in [2.45, 2.75) is 45.1 Å². The fourth-order valence-electron chi connectivity index (χ4n) is 5.29. The van der Waals surface area contributed by atoms with E-state index in [-0.39, 0.29) is 23.1 Å². The Balaban J connectivity index is 1.16. The van der Waals surface area contributed by atoms with Crippen LogP contribution in [-0.2, 0) is 11.3 Å². The molecule has 7 heteroatoms. The third-order valence-corrected chi connectivity index (χ3v) is 7.42. The molecule has 2 aliphatic carbocycles. The zero-order valence-corrected chi connectivity index (χ0v) is 18.1. The maximum Gasteiger partial charge on any atom is 0.328 e. The molecule has 7 nitrogen and oxygen atoms in total. The standard InChI is InChI=1S/C24H32N4O3/c29-22(27-13-11-26(12-14-27)15-17-5-6-17)19-9-7-18(8-10-19)16-28-23(30)20-3-1-2-4-21(20)25-24(28)31/h1-4,17-19H,5-16H2,(H,25,31). The largest absolute Gasteiger partial charge is 0.340 e. The molecular weight excluding hydrogens is 392 g/mol. The lowest BCUT2D eigenvalue weighted by atomic mass is 9.81. The molecule has 166 valence electrons. The smallest absolute Gasteiger partial charge is 0.328 e. The fourth-order valence-corrected chi connectivity index (χ4v) is 5.29. The van der Waals surface area contributed by atoms with E-state index in [1.165, 1.54) is 24.0 Å². The molecule has 0 atom stereocenters. The van der Waals surface area contributed by atoms with Crippen LogP contribution in [0.4, 0.5) is 0 Å². The van der Waals surface area contributed by atoms with Crippen LogP contribution in [0, 0.1) is 17.8 Å². The van der Waals surface area contributed by atoms with Crippen molar-refractivity contribution in [1.82, 2.24) is 19.4 Å². The number of hydrogen-bond acceptors (Lipinski definition) is 4. The quantitative estimate of drug-likeness (QED) is 0.797. The molecule has 2 saturated carbocycles. The van der Waals surface area contributed by atoms with Crippen LogP contribution < -0.4 is 11.2 Å². The van der Waals surface area contributed by atoms with E-state index in [0.717, 1.165) is 57.8 Å². The fraction of sp³-hybridized carbons (Fsp3) is 0.625. The van der Waals surface area contributed by atoms with Crippen LogP contribution >= 0.6 is 0 Å². The van der Waals surface area contributed by atoms with Gasteiger partial charge in [-0.05, 0) is 62.5 Å². The molecule has 1 aliphatic heterocycles. The van der Waals surface area contributed by atoms with E-state index in [4.69, 9.17) is 0 Å². The van der Waals surface area contributed by atoms with Crippen LogP contribution in [0.1, 0.15) is 38.5 Å². The number of carbonyl (C=O) groups is 1. The van der Waals surface area contributed by atoms with Gasteiger partial charge in [0, 0.05) is 45.2 Å². The lowest BCUT2D eigenvalue weighted by Crippen LogP contribution is -2.51. The predicted octanol–water partition coefficient (Wildman–Crippen LogP) is 2.05. The van der Waals surface area contributed by atoms with Crippen LogP contribution in [0.15, 0.2) is 33.9 Å². The number of para-hydroxylation sites is 1. The topological polar surface area (TPSA) is 78.4 Å². The monoisotopic (exact) mass is 424 g/mol. The SMILES string of the molecule is O=C(C1CCC(Cn2c(=O)[nH]c3ccccc3c2=O)CC1)N1CCN(CC2CC2)CC1. The third-order valence-electron chi connectivity index (χ3n) is 7.42. The van der Waals surface area contributed by atoms with Crippen LogP contribution in [0.25, 0.3) is 10.9 Å². The molecule has 1 amide bonds. The minimum absolute atomic E-state index is 0.0952. The zero-order chi connectivity index (χ0) is 21.4. The maximum atomic E-state index is 13.0. The number of nitrogens with zero attached hydrogens (tertiary/aromatic N) is 3. The highest BCUT2D eigenvalue weighted by atomic mass is 16.2. The van der Waals surface area contributed by atoms with Gasteiger partial charge in [-0.15, -0.1) is 0 Å². The molecule has 3 aliphatic rings. The Morgan fingerprint density at radius 2 is 1.52 bits per heavy atom. The number of nitrogens with one attached hydrogen (secondary N) is 1. The van der Waals surface area contributed by atoms with E-state index in [9.17, 15) is 14.4 Å². The van der Waals surface area contributed by atoms with Gasteiger partial charge < -0.3 is 9.88 Å². The Morgan fingerprint density at radius 1 is 0.871 bits per heavy atom. The lowest BCUT2D eigenvalue weighted by Gasteiger charge is -2.38. The van der Waals surface area contributed by atoms with Gasteiger partial charge in [0.1, 0.15) is 0 Å². The second-order valence-electron chi connectivity index (χ2n) is 9.68. The third kappa shape index (κ3) is 4.47. The highest BCUT2D eigenvalue weighted by Gasteiger charge is 2.32. The van der Waals surface area contributed by atoms with Crippen LogP contribution in [-0.4, -0.2) is 58.0 Å². The summed E-state index contributed by atoms with van der Waals surface area (Å²) >= 11 is 0. The second-order valence-corrected chi connectivity index (χ2v) is 9.68. The average Bonchev–Trinajstić information content (AvgIpc) is 3.61. The summed E-state index contributed by atoms with van der Waals surface area (Å²) in [5.74, 6) is 1.57. The highest BCUT2D eigenvalue weighted by Crippen LogP contribution is 2.32. The maximum absolute atomic E-state index is 13.0. The molecule has 0 spiro atoms. The van der Waals surface area contributed by atoms with E-state index < -0.39 is 0 Å². The Hall–Kier alpha value is -2.41. The normalized spacial score (nSPS) is 25.1. The minimum atomic E-state index is -0.342. The summed E-state index contributed by atoms with van der Waals surface area (Å²) in [6.45, 7) is 5.36. The van der Waals surface area contributed by atoms with E-state index in [0.29, 0.717) is 23.4 Å². The Labute approximate surface area is 182 Å². The number of amides is 1. The van der Waals surface area contributed by atoms with Gasteiger partial charge in [-0.25, -0.2) is 4.79 Å². The number of aromatic nitrogens is 2. The van der Waals surface area contributed by atoms with E-state index in [2.05, 4.69) is 14.8 Å². The van der Waals surface area contributed by atoms with Gasteiger partial charge in [-0.3, -0.25) is 19.1 Å². The number of benzene rings is 1. The molecule has 31 heavy (non-hydrogen) atoms. The Bertz CT molecular complexity index is 1050. The summed E-state index contributed by atoms with van der Waals surface area (Å²) < 4.78 is 1.34. The molecule has 0 bridgehead atoms. The number of piperazine rings is 1. The molecule has 2 aromatic rings. The first-order valence-corrected chi connectivity index (χ1v) is 11.8. The number of carbonyl (C=O) groups excluding carboxylic acids is 1. The van der Waals surface area contributed by atoms with Crippen molar-refractivity contribution in [3.8, 4) is 0 Å². The summed E-state index contributed by atoms with van der Waals surface area (Å²) in [5, 5.41) is 0.548. The summed E-state index contributed by atoms with van der Waals surface area (Å²) in [4.78, 5) is 45.6. The van der Waals surface area contributed by atoms with Crippen molar-refractivity contribution >= 4 is 16.8 Å². The van der Waals surface area contributed by atoms with Gasteiger partial charge in [0.15, 0.2) is 0 Å². The van der Waals surface area contributed by atoms with E-state index in [1.807, 2.05) is 12.1 Å². The predicted molar refractivity (Wildman–Crippen MR) is 120 cm³/mol. The van der Waals surface area contributed by atoms with Crippen molar-refractivity contribution < 1.29 is 4.79 Å². The minimum Gasteiger partial charge on any atom is -0.340 e. The summed E-state index contributed by atoms with van der Waals surface area (Å²) in [5.41, 5.74) is 0.0212. The van der Waals surface area contributed by atoms with Gasteiger partial charge in [-0.1, -0.05) is 12.1 Å². The summed E-state index contributed by atoms with van der Waals surface area (Å²) in [7, 11) is 0. The van der Waals surface area contributed by atoms with Crippen molar-refractivity contribution in [3.63, 3.8) is 0 Å². The first kappa shape index (κ1) is 20.5. The molecule has 5 rings (SSSR count). The first-order chi connectivity index (χ1) is 15.1. The van der Waals surface area contributed by atoms with Crippen molar-refractivity contribution in [2.24, 2.45) is 17.8 Å². The van der Waals surface area contributed by atoms with Crippen molar-refractivity contribution in [2.75, 3.05) is 32.7 Å². The van der Waals surface area contributed by atoms with Gasteiger partial charge in [0.25, 0.3) is 5.56 Å². The van der Waals surface area contributed by atoms with Crippen molar-refractivity contribution in [1.29, 1.82) is 0 Å². The second kappa shape index (κ2) is 8.61. The molecule has 1 N–H and O–H groups in total. The van der Waals surface area contributed by atoms with Gasteiger partial charge in [0.2, 0.25) is 5.91 Å². The lowest BCUT2D eigenvalue weighted by molar-refractivity contribution is -0.138.